The lowest BCUT2D eigenvalue weighted by atomic mass is 10.2. The highest BCUT2D eigenvalue weighted by Gasteiger charge is 2.27. The number of H-pyrrole nitrogens is 1. The van der Waals surface area contributed by atoms with Crippen LogP contribution in [0.2, 0.25) is 0 Å². The van der Waals surface area contributed by atoms with E-state index in [-0.39, 0.29) is 11.8 Å². The highest BCUT2D eigenvalue weighted by atomic mass is 32.1. The average Bonchev–Trinajstić information content (AvgIpc) is 3.35. The zero-order chi connectivity index (χ0) is 20.7. The first kappa shape index (κ1) is 18.6. The first-order valence-electron chi connectivity index (χ1n) is 9.88. The molecule has 7 nitrogen and oxygen atoms in total. The van der Waals surface area contributed by atoms with Crippen LogP contribution in [0.5, 0.6) is 0 Å². The lowest BCUT2D eigenvalue weighted by molar-refractivity contribution is -0.114. The zero-order valence-corrected chi connectivity index (χ0v) is 17.3. The smallest absolute Gasteiger partial charge is 0.272 e. The van der Waals surface area contributed by atoms with E-state index in [1.165, 1.54) is 11.6 Å². The van der Waals surface area contributed by atoms with E-state index in [1.54, 1.807) is 11.3 Å². The second kappa shape index (κ2) is 7.46. The SMILES string of the molecule is CC(=O)Nc1c(C(=O)N2CCN(c3nc4ccccc4s3)CC2)[nH]c2ccccc12. The van der Waals surface area contributed by atoms with E-state index in [9.17, 15) is 9.59 Å². The van der Waals surface area contributed by atoms with Gasteiger partial charge in [-0.15, -0.1) is 0 Å². The molecule has 2 amide bonds. The number of carbonyl (C=O) groups excluding carboxylic acids is 2. The van der Waals surface area contributed by atoms with E-state index in [0.29, 0.717) is 24.5 Å². The summed E-state index contributed by atoms with van der Waals surface area (Å²) in [5, 5.41) is 4.66. The van der Waals surface area contributed by atoms with E-state index in [2.05, 4.69) is 21.3 Å². The van der Waals surface area contributed by atoms with E-state index in [1.807, 2.05) is 47.4 Å². The Kier molecular flexibility index (Phi) is 4.63. The number of fused-ring (bicyclic) bond motifs is 2. The van der Waals surface area contributed by atoms with Crippen LogP contribution in [0.15, 0.2) is 48.5 Å². The highest BCUT2D eigenvalue weighted by Crippen LogP contribution is 2.31. The minimum Gasteiger partial charge on any atom is -0.349 e. The van der Waals surface area contributed by atoms with Crippen LogP contribution in [-0.2, 0) is 4.79 Å². The minimum absolute atomic E-state index is 0.0982. The van der Waals surface area contributed by atoms with Gasteiger partial charge >= 0.3 is 0 Å². The molecule has 3 heterocycles. The van der Waals surface area contributed by atoms with Crippen molar-refractivity contribution >= 4 is 55.1 Å². The number of aromatic amines is 1. The Morgan fingerprint density at radius 2 is 1.77 bits per heavy atom. The van der Waals surface area contributed by atoms with Crippen LogP contribution in [0.4, 0.5) is 10.8 Å². The molecule has 1 aliphatic rings. The number of para-hydroxylation sites is 2. The largest absolute Gasteiger partial charge is 0.349 e. The van der Waals surface area contributed by atoms with Gasteiger partial charge in [0, 0.05) is 44.0 Å². The summed E-state index contributed by atoms with van der Waals surface area (Å²) in [5.41, 5.74) is 2.82. The van der Waals surface area contributed by atoms with E-state index >= 15 is 0 Å². The maximum absolute atomic E-state index is 13.3. The van der Waals surface area contributed by atoms with Crippen LogP contribution in [-0.4, -0.2) is 52.9 Å². The standard InChI is InChI=1S/C22H21N5O2S/c1-14(28)23-19-15-6-2-3-7-16(15)24-20(19)21(29)26-10-12-27(13-11-26)22-25-17-8-4-5-9-18(17)30-22/h2-9,24H,10-13H2,1H3,(H,23,28). The maximum atomic E-state index is 13.3. The number of nitrogens with one attached hydrogen (secondary N) is 2. The Morgan fingerprint density at radius 3 is 2.53 bits per heavy atom. The fourth-order valence-corrected chi connectivity index (χ4v) is 4.88. The molecule has 0 aliphatic carbocycles. The molecule has 4 aromatic rings. The van der Waals surface area contributed by atoms with Crippen molar-refractivity contribution in [1.82, 2.24) is 14.9 Å². The molecule has 1 aliphatic heterocycles. The number of rotatable bonds is 3. The van der Waals surface area contributed by atoms with Crippen LogP contribution in [0.3, 0.4) is 0 Å². The molecule has 2 aromatic heterocycles. The molecule has 0 spiro atoms. The average molecular weight is 420 g/mol. The number of carbonyl (C=O) groups is 2. The number of hydrogen-bond acceptors (Lipinski definition) is 5. The number of nitrogens with zero attached hydrogens (tertiary/aromatic N) is 3. The molecule has 0 bridgehead atoms. The van der Waals surface area contributed by atoms with Crippen LogP contribution in [0, 0.1) is 0 Å². The van der Waals surface area contributed by atoms with Crippen molar-refractivity contribution in [3.05, 3.63) is 54.2 Å². The van der Waals surface area contributed by atoms with Gasteiger partial charge in [0.05, 0.1) is 15.9 Å². The Labute approximate surface area is 177 Å². The second-order valence-corrected chi connectivity index (χ2v) is 8.35. The molecule has 0 saturated carbocycles. The van der Waals surface area contributed by atoms with Crippen LogP contribution < -0.4 is 10.2 Å². The highest BCUT2D eigenvalue weighted by molar-refractivity contribution is 7.22. The predicted molar refractivity (Wildman–Crippen MR) is 120 cm³/mol. The van der Waals surface area contributed by atoms with Gasteiger partial charge in [0.25, 0.3) is 5.91 Å². The molecular weight excluding hydrogens is 398 g/mol. The van der Waals surface area contributed by atoms with Gasteiger partial charge in [0.15, 0.2) is 5.13 Å². The van der Waals surface area contributed by atoms with Crippen molar-refractivity contribution < 1.29 is 9.59 Å². The van der Waals surface area contributed by atoms with Gasteiger partial charge in [-0.1, -0.05) is 41.7 Å². The van der Waals surface area contributed by atoms with Crippen LogP contribution in [0.1, 0.15) is 17.4 Å². The third-order valence-corrected chi connectivity index (χ3v) is 6.44. The molecule has 0 atom stereocenters. The minimum atomic E-state index is -0.200. The fraction of sp³-hybridized carbons (Fsp3) is 0.227. The van der Waals surface area contributed by atoms with E-state index in [0.717, 1.165) is 34.6 Å². The van der Waals surface area contributed by atoms with Gasteiger partial charge in [0.1, 0.15) is 5.69 Å². The molecule has 30 heavy (non-hydrogen) atoms. The van der Waals surface area contributed by atoms with Crippen molar-refractivity contribution in [1.29, 1.82) is 0 Å². The lowest BCUT2D eigenvalue weighted by Gasteiger charge is -2.34. The van der Waals surface area contributed by atoms with Crippen LogP contribution >= 0.6 is 11.3 Å². The number of benzene rings is 2. The topological polar surface area (TPSA) is 81.3 Å². The van der Waals surface area contributed by atoms with Gasteiger partial charge in [-0.05, 0) is 18.2 Å². The van der Waals surface area contributed by atoms with Gasteiger partial charge in [-0.2, -0.15) is 0 Å². The summed E-state index contributed by atoms with van der Waals surface area (Å²) in [7, 11) is 0. The fourth-order valence-electron chi connectivity index (χ4n) is 3.86. The Hall–Kier alpha value is -3.39. The number of aromatic nitrogens is 2. The summed E-state index contributed by atoms with van der Waals surface area (Å²) in [6, 6.07) is 15.7. The third-order valence-electron chi connectivity index (χ3n) is 5.34. The normalized spacial score (nSPS) is 14.4. The molecule has 2 N–H and O–H groups in total. The summed E-state index contributed by atoms with van der Waals surface area (Å²) in [6.45, 7) is 4.10. The first-order chi connectivity index (χ1) is 14.6. The molecule has 152 valence electrons. The lowest BCUT2D eigenvalue weighted by Crippen LogP contribution is -2.49. The summed E-state index contributed by atoms with van der Waals surface area (Å²) in [5.74, 6) is -0.298. The van der Waals surface area contributed by atoms with E-state index < -0.39 is 0 Å². The summed E-state index contributed by atoms with van der Waals surface area (Å²) in [6.07, 6.45) is 0. The molecule has 1 saturated heterocycles. The monoisotopic (exact) mass is 419 g/mol. The molecule has 8 heteroatoms. The summed E-state index contributed by atoms with van der Waals surface area (Å²) < 4.78 is 1.17. The number of amides is 2. The second-order valence-electron chi connectivity index (χ2n) is 7.35. The van der Waals surface area contributed by atoms with Crippen molar-refractivity contribution in [2.45, 2.75) is 6.92 Å². The van der Waals surface area contributed by atoms with Crippen molar-refractivity contribution in [2.75, 3.05) is 36.4 Å². The zero-order valence-electron chi connectivity index (χ0n) is 16.5. The van der Waals surface area contributed by atoms with Crippen molar-refractivity contribution in [2.24, 2.45) is 0 Å². The quantitative estimate of drug-likeness (QED) is 0.531. The molecule has 2 aromatic carbocycles. The maximum Gasteiger partial charge on any atom is 0.272 e. The number of piperazine rings is 1. The molecule has 0 radical (unpaired) electrons. The number of anilines is 2. The van der Waals surface area contributed by atoms with Crippen molar-refractivity contribution in [3.63, 3.8) is 0 Å². The number of thiazole rings is 1. The van der Waals surface area contributed by atoms with Gasteiger partial charge in [0.2, 0.25) is 5.91 Å². The molecule has 1 fully saturated rings. The van der Waals surface area contributed by atoms with Crippen molar-refractivity contribution in [3.8, 4) is 0 Å². The molecule has 5 rings (SSSR count). The molecular formula is C22H21N5O2S. The first-order valence-corrected chi connectivity index (χ1v) is 10.7. The van der Waals surface area contributed by atoms with Gasteiger partial charge in [-0.25, -0.2) is 4.98 Å². The van der Waals surface area contributed by atoms with Gasteiger partial charge < -0.3 is 20.1 Å². The van der Waals surface area contributed by atoms with Gasteiger partial charge in [-0.3, -0.25) is 9.59 Å². The molecule has 0 unspecified atom stereocenters. The summed E-state index contributed by atoms with van der Waals surface area (Å²) in [4.78, 5) is 37.0. The Morgan fingerprint density at radius 1 is 1.03 bits per heavy atom. The number of hydrogen-bond donors (Lipinski definition) is 2. The Bertz CT molecular complexity index is 1220. The third kappa shape index (κ3) is 3.29. The predicted octanol–water partition coefficient (Wildman–Crippen LogP) is 3.70. The van der Waals surface area contributed by atoms with E-state index in [4.69, 9.17) is 4.98 Å². The Balaban J connectivity index is 1.36. The van der Waals surface area contributed by atoms with Crippen LogP contribution in [0.25, 0.3) is 21.1 Å². The summed E-state index contributed by atoms with van der Waals surface area (Å²) >= 11 is 1.68.